The zero-order chi connectivity index (χ0) is 21.5. The smallest absolute Gasteiger partial charge is 0.139 e. The molecule has 4 rings (SSSR count). The maximum absolute atomic E-state index is 8.91. The molecule has 7 nitrogen and oxygen atoms in total. The number of nitrogens with two attached hydrogens (primary N) is 1. The van der Waals surface area contributed by atoms with E-state index in [9.17, 15) is 0 Å². The standard InChI is InChI=1S/C17H24N6.C6H12O/c1-4-5-13-8-14-16(18)15(10-19-17(14)21-13)12-9-20-23(11-12)7-6-22(2)3;7-6-4-2-1-3-5-6/h8-11H,4-7H2,1-3H3,(H3,18,19,21);6-7H,1-5H2. The first-order valence-corrected chi connectivity index (χ1v) is 11.1. The van der Waals surface area contributed by atoms with Gasteiger partial charge in [0.1, 0.15) is 5.65 Å². The molecule has 0 spiro atoms. The molecule has 7 heteroatoms. The second-order valence-corrected chi connectivity index (χ2v) is 8.48. The number of aromatic nitrogens is 4. The van der Waals surface area contributed by atoms with Crippen molar-refractivity contribution in [1.82, 2.24) is 24.6 Å². The Morgan fingerprint density at radius 1 is 1.23 bits per heavy atom. The molecule has 30 heavy (non-hydrogen) atoms. The molecule has 3 heterocycles. The van der Waals surface area contributed by atoms with Crippen molar-refractivity contribution in [2.75, 3.05) is 26.4 Å². The molecule has 0 bridgehead atoms. The molecule has 0 unspecified atom stereocenters. The largest absolute Gasteiger partial charge is 0.398 e. The minimum atomic E-state index is 0.0359. The summed E-state index contributed by atoms with van der Waals surface area (Å²) in [5.74, 6) is 0. The number of aliphatic hydroxyl groups is 1. The summed E-state index contributed by atoms with van der Waals surface area (Å²) in [7, 11) is 4.11. The second kappa shape index (κ2) is 10.6. The third-order valence-corrected chi connectivity index (χ3v) is 5.57. The van der Waals surface area contributed by atoms with E-state index in [0.29, 0.717) is 0 Å². The van der Waals surface area contributed by atoms with Gasteiger partial charge in [-0.15, -0.1) is 0 Å². The average molecular weight is 413 g/mol. The maximum atomic E-state index is 8.91. The number of pyridine rings is 1. The number of anilines is 1. The number of fused-ring (bicyclic) bond motifs is 1. The Morgan fingerprint density at radius 2 is 2.00 bits per heavy atom. The molecule has 4 N–H and O–H groups in total. The highest BCUT2D eigenvalue weighted by Crippen LogP contribution is 2.31. The molecule has 0 saturated heterocycles. The van der Waals surface area contributed by atoms with Gasteiger partial charge in [0.25, 0.3) is 0 Å². The van der Waals surface area contributed by atoms with E-state index in [-0.39, 0.29) is 6.10 Å². The van der Waals surface area contributed by atoms with Crippen LogP contribution in [-0.2, 0) is 13.0 Å². The highest BCUT2D eigenvalue weighted by atomic mass is 16.3. The predicted molar refractivity (Wildman–Crippen MR) is 123 cm³/mol. The van der Waals surface area contributed by atoms with Gasteiger partial charge < -0.3 is 20.7 Å². The molecule has 0 aromatic carbocycles. The van der Waals surface area contributed by atoms with Gasteiger partial charge >= 0.3 is 0 Å². The van der Waals surface area contributed by atoms with Crippen LogP contribution in [0.15, 0.2) is 24.7 Å². The maximum Gasteiger partial charge on any atom is 0.139 e. The van der Waals surface area contributed by atoms with Crippen LogP contribution in [-0.4, -0.2) is 56.5 Å². The van der Waals surface area contributed by atoms with E-state index in [1.807, 2.05) is 23.3 Å². The third-order valence-electron chi connectivity index (χ3n) is 5.57. The van der Waals surface area contributed by atoms with Crippen molar-refractivity contribution >= 4 is 16.7 Å². The average Bonchev–Trinajstić information content (AvgIpc) is 3.35. The van der Waals surface area contributed by atoms with E-state index in [1.54, 1.807) is 0 Å². The van der Waals surface area contributed by atoms with E-state index in [2.05, 4.69) is 47.1 Å². The summed E-state index contributed by atoms with van der Waals surface area (Å²) in [6.45, 7) is 3.97. The molecule has 0 radical (unpaired) electrons. The number of H-pyrrole nitrogens is 1. The lowest BCUT2D eigenvalue weighted by Crippen LogP contribution is -2.18. The van der Waals surface area contributed by atoms with Gasteiger partial charge in [-0.05, 0) is 39.4 Å². The van der Waals surface area contributed by atoms with Gasteiger partial charge in [0.05, 0.1) is 24.5 Å². The highest BCUT2D eigenvalue weighted by Gasteiger charge is 2.12. The fourth-order valence-corrected chi connectivity index (χ4v) is 3.79. The summed E-state index contributed by atoms with van der Waals surface area (Å²) < 4.78 is 1.94. The number of likely N-dealkylation sites (N-methyl/N-ethyl adjacent to an activating group) is 1. The van der Waals surface area contributed by atoms with Crippen LogP contribution in [0.5, 0.6) is 0 Å². The van der Waals surface area contributed by atoms with Gasteiger partial charge in [0.15, 0.2) is 0 Å². The Labute approximate surface area is 179 Å². The Balaban J connectivity index is 0.000000310. The Bertz CT molecular complexity index is 923. The molecule has 0 atom stereocenters. The van der Waals surface area contributed by atoms with Crippen molar-refractivity contribution in [3.63, 3.8) is 0 Å². The van der Waals surface area contributed by atoms with Gasteiger partial charge in [0.2, 0.25) is 0 Å². The van der Waals surface area contributed by atoms with E-state index >= 15 is 0 Å². The number of rotatable bonds is 6. The van der Waals surface area contributed by atoms with Crippen LogP contribution in [0.1, 0.15) is 51.1 Å². The summed E-state index contributed by atoms with van der Waals surface area (Å²) in [4.78, 5) is 10.00. The fraction of sp³-hybridized carbons (Fsp3) is 0.565. The molecule has 164 valence electrons. The van der Waals surface area contributed by atoms with Crippen LogP contribution in [0.2, 0.25) is 0 Å². The number of aromatic amines is 1. The van der Waals surface area contributed by atoms with Gasteiger partial charge in [0, 0.05) is 41.1 Å². The lowest BCUT2D eigenvalue weighted by molar-refractivity contribution is 0.130. The summed E-state index contributed by atoms with van der Waals surface area (Å²) >= 11 is 0. The molecule has 3 aromatic rings. The molecule has 0 aliphatic heterocycles. The number of nitrogens with zero attached hydrogens (tertiary/aromatic N) is 4. The summed E-state index contributed by atoms with van der Waals surface area (Å²) in [6, 6.07) is 2.11. The quantitative estimate of drug-likeness (QED) is 0.572. The van der Waals surface area contributed by atoms with Crippen LogP contribution in [0.25, 0.3) is 22.2 Å². The van der Waals surface area contributed by atoms with E-state index in [0.717, 1.165) is 66.6 Å². The van der Waals surface area contributed by atoms with Crippen molar-refractivity contribution in [3.05, 3.63) is 30.4 Å². The van der Waals surface area contributed by atoms with Crippen LogP contribution in [0.4, 0.5) is 5.69 Å². The van der Waals surface area contributed by atoms with Gasteiger partial charge in [-0.3, -0.25) is 4.68 Å². The lowest BCUT2D eigenvalue weighted by atomic mass is 9.98. The van der Waals surface area contributed by atoms with Crippen molar-refractivity contribution in [1.29, 1.82) is 0 Å². The van der Waals surface area contributed by atoms with Gasteiger partial charge in [-0.25, -0.2) is 4.98 Å². The zero-order valence-electron chi connectivity index (χ0n) is 18.6. The number of aliphatic hydroxyl groups excluding tert-OH is 1. The number of nitrogens with one attached hydrogen (secondary N) is 1. The number of hydrogen-bond acceptors (Lipinski definition) is 5. The number of nitrogen functional groups attached to an aromatic ring is 1. The third kappa shape index (κ3) is 5.83. The molecule has 0 amide bonds. The Morgan fingerprint density at radius 3 is 2.63 bits per heavy atom. The summed E-state index contributed by atoms with van der Waals surface area (Å²) in [5, 5.41) is 14.3. The normalized spacial score (nSPS) is 14.8. The zero-order valence-corrected chi connectivity index (χ0v) is 18.6. The van der Waals surface area contributed by atoms with E-state index in [4.69, 9.17) is 10.8 Å². The predicted octanol–water partition coefficient (Wildman–Crippen LogP) is 3.83. The van der Waals surface area contributed by atoms with E-state index < -0.39 is 0 Å². The van der Waals surface area contributed by atoms with E-state index in [1.165, 1.54) is 25.0 Å². The van der Waals surface area contributed by atoms with Crippen LogP contribution in [0.3, 0.4) is 0 Å². The molecule has 1 saturated carbocycles. The number of hydrogen-bond donors (Lipinski definition) is 3. The molecular formula is C23H36N6O. The van der Waals surface area contributed by atoms with Crippen molar-refractivity contribution in [2.45, 2.75) is 64.5 Å². The van der Waals surface area contributed by atoms with Crippen molar-refractivity contribution in [2.24, 2.45) is 0 Å². The van der Waals surface area contributed by atoms with Crippen LogP contribution >= 0.6 is 0 Å². The monoisotopic (exact) mass is 412 g/mol. The fourth-order valence-electron chi connectivity index (χ4n) is 3.79. The first-order chi connectivity index (χ1) is 14.5. The molecule has 3 aromatic heterocycles. The first kappa shape index (κ1) is 22.3. The van der Waals surface area contributed by atoms with Crippen LogP contribution < -0.4 is 5.73 Å². The minimum absolute atomic E-state index is 0.0359. The first-order valence-electron chi connectivity index (χ1n) is 11.1. The molecular weight excluding hydrogens is 376 g/mol. The van der Waals surface area contributed by atoms with Gasteiger partial charge in [-0.1, -0.05) is 32.6 Å². The molecule has 1 aliphatic rings. The van der Waals surface area contributed by atoms with Crippen LogP contribution in [0, 0.1) is 0 Å². The highest BCUT2D eigenvalue weighted by molar-refractivity contribution is 5.97. The van der Waals surface area contributed by atoms with Crippen molar-refractivity contribution < 1.29 is 5.11 Å². The summed E-state index contributed by atoms with van der Waals surface area (Å²) in [6.07, 6.45) is 13.7. The number of aryl methyl sites for hydroxylation is 1. The SMILES string of the molecule is CCCc1cc2c(N)c(-c3cnn(CCN(C)C)c3)cnc2[nH]1.OC1CCCCC1. The lowest BCUT2D eigenvalue weighted by Gasteiger charge is -2.14. The Kier molecular flexibility index (Phi) is 7.87. The van der Waals surface area contributed by atoms with Gasteiger partial charge in [-0.2, -0.15) is 5.10 Å². The summed E-state index contributed by atoms with van der Waals surface area (Å²) in [5.41, 5.74) is 11.1. The second-order valence-electron chi connectivity index (χ2n) is 8.48. The molecule has 1 fully saturated rings. The topological polar surface area (TPSA) is 96.0 Å². The Hall–Kier alpha value is -2.38. The minimum Gasteiger partial charge on any atom is -0.398 e. The van der Waals surface area contributed by atoms with Crippen molar-refractivity contribution in [3.8, 4) is 11.1 Å². The molecule has 1 aliphatic carbocycles.